The Morgan fingerprint density at radius 2 is 2.21 bits per heavy atom. The minimum absolute atomic E-state index is 0.00984. The molecule has 3 atom stereocenters. The first-order valence-electron chi connectivity index (χ1n) is 8.33. The highest BCUT2D eigenvalue weighted by Crippen LogP contribution is 2.37. The van der Waals surface area contributed by atoms with Gasteiger partial charge in [0.15, 0.2) is 6.61 Å². The first kappa shape index (κ1) is 15.7. The number of carbonyl (C=O) groups excluding carboxylic acids is 1. The van der Waals surface area contributed by atoms with Crippen LogP contribution < -0.4 is 10.5 Å². The summed E-state index contributed by atoms with van der Waals surface area (Å²) in [6, 6.07) is 7.49. The van der Waals surface area contributed by atoms with Crippen molar-refractivity contribution in [3.05, 3.63) is 35.5 Å². The summed E-state index contributed by atoms with van der Waals surface area (Å²) in [6.45, 7) is 1.58. The Bertz CT molecular complexity index is 782. The number of hydrogen-bond donors (Lipinski definition) is 1. The van der Waals surface area contributed by atoms with Crippen LogP contribution in [0.2, 0.25) is 5.02 Å². The summed E-state index contributed by atoms with van der Waals surface area (Å²) in [5.41, 5.74) is 6.81. The highest BCUT2D eigenvalue weighted by atomic mass is 35.5. The number of ether oxygens (including phenoxy) is 1. The van der Waals surface area contributed by atoms with Gasteiger partial charge < -0.3 is 15.4 Å². The van der Waals surface area contributed by atoms with Crippen LogP contribution in [0.5, 0.6) is 5.75 Å². The Balaban J connectivity index is 1.44. The maximum Gasteiger partial charge on any atom is 0.260 e. The molecule has 0 radical (unpaired) electrons. The minimum Gasteiger partial charge on any atom is -0.481 e. The van der Waals surface area contributed by atoms with Crippen LogP contribution in [0, 0.1) is 11.8 Å². The minimum atomic E-state index is 0.00984. The van der Waals surface area contributed by atoms with E-state index in [1.807, 2.05) is 17.0 Å². The molecule has 126 valence electrons. The third-order valence-corrected chi connectivity index (χ3v) is 5.63. The molecule has 1 aliphatic carbocycles. The quantitative estimate of drug-likeness (QED) is 0.927. The molecule has 1 saturated carbocycles. The van der Waals surface area contributed by atoms with Crippen LogP contribution >= 0.6 is 11.6 Å². The van der Waals surface area contributed by atoms with E-state index in [1.165, 1.54) is 0 Å². The molecule has 1 saturated heterocycles. The molecule has 6 heteroatoms. The van der Waals surface area contributed by atoms with Gasteiger partial charge in [-0.2, -0.15) is 0 Å². The van der Waals surface area contributed by atoms with E-state index in [1.54, 1.807) is 18.3 Å². The van der Waals surface area contributed by atoms with Gasteiger partial charge >= 0.3 is 0 Å². The summed E-state index contributed by atoms with van der Waals surface area (Å²) >= 11 is 6.18. The van der Waals surface area contributed by atoms with E-state index in [4.69, 9.17) is 22.1 Å². The van der Waals surface area contributed by atoms with Gasteiger partial charge in [-0.1, -0.05) is 11.6 Å². The van der Waals surface area contributed by atoms with E-state index in [0.29, 0.717) is 28.1 Å². The molecule has 5 nitrogen and oxygen atoms in total. The molecule has 1 aromatic heterocycles. The fourth-order valence-corrected chi connectivity index (χ4v) is 4.19. The average molecular weight is 346 g/mol. The van der Waals surface area contributed by atoms with Crippen molar-refractivity contribution in [2.24, 2.45) is 17.6 Å². The second-order valence-electron chi connectivity index (χ2n) is 6.70. The maximum atomic E-state index is 12.5. The lowest BCUT2D eigenvalue weighted by Gasteiger charge is -2.19. The lowest BCUT2D eigenvalue weighted by Crippen LogP contribution is -2.36. The third-order valence-electron chi connectivity index (χ3n) is 5.30. The summed E-state index contributed by atoms with van der Waals surface area (Å²) in [5, 5.41) is 1.45. The van der Waals surface area contributed by atoms with E-state index in [2.05, 4.69) is 4.98 Å². The van der Waals surface area contributed by atoms with Crippen molar-refractivity contribution in [2.45, 2.75) is 18.9 Å². The van der Waals surface area contributed by atoms with Crippen molar-refractivity contribution in [3.63, 3.8) is 0 Å². The van der Waals surface area contributed by atoms with Crippen LogP contribution in [0.25, 0.3) is 10.9 Å². The van der Waals surface area contributed by atoms with E-state index in [9.17, 15) is 4.79 Å². The van der Waals surface area contributed by atoms with Gasteiger partial charge in [0.2, 0.25) is 0 Å². The molecule has 1 aliphatic heterocycles. The number of fused-ring (bicyclic) bond motifs is 2. The lowest BCUT2D eigenvalue weighted by atomic mass is 9.98. The summed E-state index contributed by atoms with van der Waals surface area (Å²) in [5.74, 6) is 1.60. The van der Waals surface area contributed by atoms with Gasteiger partial charge in [0.05, 0.1) is 5.02 Å². The topological polar surface area (TPSA) is 68.5 Å². The SMILES string of the molecule is NC1CCC2CN(C(=O)COc3ccc(Cl)c4cccnc34)CC12. The molecule has 2 aromatic rings. The molecule has 2 aliphatic rings. The van der Waals surface area contributed by atoms with Gasteiger partial charge in [0.1, 0.15) is 11.3 Å². The first-order chi connectivity index (χ1) is 11.6. The first-order valence-corrected chi connectivity index (χ1v) is 8.70. The van der Waals surface area contributed by atoms with Gasteiger partial charge in [0.25, 0.3) is 5.91 Å². The number of nitrogens with zero attached hydrogens (tertiary/aromatic N) is 2. The normalized spacial score (nSPS) is 25.9. The van der Waals surface area contributed by atoms with Crippen LogP contribution in [0.4, 0.5) is 0 Å². The van der Waals surface area contributed by atoms with Crippen LogP contribution in [0.3, 0.4) is 0 Å². The molecule has 4 rings (SSSR count). The molecular weight excluding hydrogens is 326 g/mol. The maximum absolute atomic E-state index is 12.5. The van der Waals surface area contributed by atoms with Crippen LogP contribution in [-0.4, -0.2) is 41.5 Å². The second-order valence-corrected chi connectivity index (χ2v) is 7.10. The van der Waals surface area contributed by atoms with Gasteiger partial charge in [-0.3, -0.25) is 9.78 Å². The van der Waals surface area contributed by atoms with E-state index in [0.717, 1.165) is 31.3 Å². The third kappa shape index (κ3) is 2.72. The van der Waals surface area contributed by atoms with Crippen molar-refractivity contribution >= 4 is 28.4 Å². The summed E-state index contributed by atoms with van der Waals surface area (Å²) in [7, 11) is 0. The van der Waals surface area contributed by atoms with Crippen molar-refractivity contribution in [2.75, 3.05) is 19.7 Å². The van der Waals surface area contributed by atoms with Crippen molar-refractivity contribution in [1.29, 1.82) is 0 Å². The Morgan fingerprint density at radius 3 is 3.04 bits per heavy atom. The van der Waals surface area contributed by atoms with E-state index in [-0.39, 0.29) is 18.6 Å². The number of pyridine rings is 1. The summed E-state index contributed by atoms with van der Waals surface area (Å²) < 4.78 is 5.75. The molecule has 2 N–H and O–H groups in total. The lowest BCUT2D eigenvalue weighted by molar-refractivity contribution is -0.132. The Kier molecular flexibility index (Phi) is 4.06. The van der Waals surface area contributed by atoms with Crippen molar-refractivity contribution < 1.29 is 9.53 Å². The zero-order valence-corrected chi connectivity index (χ0v) is 14.1. The van der Waals surface area contributed by atoms with Gasteiger partial charge in [-0.25, -0.2) is 0 Å². The molecule has 1 amide bonds. The molecule has 0 spiro atoms. The Morgan fingerprint density at radius 1 is 1.33 bits per heavy atom. The number of likely N-dealkylation sites (tertiary alicyclic amines) is 1. The highest BCUT2D eigenvalue weighted by Gasteiger charge is 2.42. The van der Waals surface area contributed by atoms with Crippen molar-refractivity contribution in [3.8, 4) is 5.75 Å². The van der Waals surface area contributed by atoms with Gasteiger partial charge in [-0.15, -0.1) is 0 Å². The van der Waals surface area contributed by atoms with E-state index >= 15 is 0 Å². The zero-order chi connectivity index (χ0) is 16.7. The molecule has 1 aromatic carbocycles. The number of amides is 1. The predicted octanol–water partition coefficient (Wildman–Crippen LogP) is 2.46. The van der Waals surface area contributed by atoms with E-state index < -0.39 is 0 Å². The summed E-state index contributed by atoms with van der Waals surface area (Å²) in [4.78, 5) is 18.7. The number of benzene rings is 1. The predicted molar refractivity (Wildman–Crippen MR) is 93.0 cm³/mol. The number of nitrogens with two attached hydrogens (primary N) is 1. The second kappa shape index (κ2) is 6.22. The number of hydrogen-bond acceptors (Lipinski definition) is 4. The number of aromatic nitrogens is 1. The standard InChI is InChI=1S/C18H20ClN3O2/c19-14-4-6-16(18-12(14)2-1-7-21-18)24-10-17(23)22-8-11-3-5-15(20)13(11)9-22/h1-2,4,6-7,11,13,15H,3,5,8-10,20H2. The van der Waals surface area contributed by atoms with Crippen LogP contribution in [0.1, 0.15) is 12.8 Å². The average Bonchev–Trinajstić information content (AvgIpc) is 3.17. The van der Waals surface area contributed by atoms with Gasteiger partial charge in [-0.05, 0) is 48.9 Å². The van der Waals surface area contributed by atoms with Crippen LogP contribution in [0.15, 0.2) is 30.5 Å². The largest absolute Gasteiger partial charge is 0.481 e. The van der Waals surface area contributed by atoms with Crippen molar-refractivity contribution in [1.82, 2.24) is 9.88 Å². The monoisotopic (exact) mass is 345 g/mol. The highest BCUT2D eigenvalue weighted by molar-refractivity contribution is 6.35. The number of carbonyl (C=O) groups is 1. The Labute approximate surface area is 145 Å². The molecule has 24 heavy (non-hydrogen) atoms. The summed E-state index contributed by atoms with van der Waals surface area (Å²) in [6.07, 6.45) is 3.90. The molecule has 2 heterocycles. The fraction of sp³-hybridized carbons (Fsp3) is 0.444. The van der Waals surface area contributed by atoms with Crippen LogP contribution in [-0.2, 0) is 4.79 Å². The molecule has 2 fully saturated rings. The molecule has 3 unspecified atom stereocenters. The Hall–Kier alpha value is -1.85. The number of halogens is 1. The molecule has 0 bridgehead atoms. The molecular formula is C18H20ClN3O2. The zero-order valence-electron chi connectivity index (χ0n) is 13.3. The van der Waals surface area contributed by atoms with Gasteiger partial charge in [0, 0.05) is 30.7 Å². The number of rotatable bonds is 3. The smallest absolute Gasteiger partial charge is 0.260 e. The fourth-order valence-electron chi connectivity index (χ4n) is 3.97.